The molecule has 2 nitrogen and oxygen atoms in total. The van der Waals surface area contributed by atoms with Crippen LogP contribution in [0.4, 0.5) is 0 Å². The highest BCUT2D eigenvalue weighted by Gasteiger charge is 2.16. The van der Waals surface area contributed by atoms with E-state index in [0.29, 0.717) is 23.1 Å². The highest BCUT2D eigenvalue weighted by Crippen LogP contribution is 2.22. The Hall–Kier alpha value is -0.380. The van der Waals surface area contributed by atoms with E-state index in [0.717, 1.165) is 36.8 Å². The second-order valence-electron chi connectivity index (χ2n) is 4.61. The number of carbonyl (C=O) groups excluding carboxylic acids is 1. The Bertz CT molecular complexity index is 408. The fourth-order valence-corrected chi connectivity index (χ4v) is 3.08. The number of halogens is 2. The summed E-state index contributed by atoms with van der Waals surface area (Å²) in [5.74, 6) is 0.149. The van der Waals surface area contributed by atoms with Gasteiger partial charge in [-0.25, -0.2) is 0 Å². The van der Waals surface area contributed by atoms with Gasteiger partial charge in [-0.3, -0.25) is 4.79 Å². The van der Waals surface area contributed by atoms with Crippen molar-refractivity contribution in [1.82, 2.24) is 0 Å². The van der Waals surface area contributed by atoms with Crippen molar-refractivity contribution < 1.29 is 9.53 Å². The lowest BCUT2D eigenvalue weighted by Crippen LogP contribution is -2.06. The van der Waals surface area contributed by atoms with Crippen LogP contribution in [0.2, 0.25) is 5.02 Å². The van der Waals surface area contributed by atoms with Gasteiger partial charge >= 0.3 is 0 Å². The number of Topliss-reactive ketones (excluding diaryl/α,β-unsaturated/α-hetero) is 1. The minimum absolute atomic E-state index is 0.149. The van der Waals surface area contributed by atoms with Crippen molar-refractivity contribution in [1.29, 1.82) is 0 Å². The van der Waals surface area contributed by atoms with E-state index in [-0.39, 0.29) is 5.78 Å². The van der Waals surface area contributed by atoms with Crippen molar-refractivity contribution in [3.63, 3.8) is 0 Å². The largest absolute Gasteiger partial charge is 0.378 e. The fraction of sp³-hybridized carbons (Fsp3) is 0.500. The summed E-state index contributed by atoms with van der Waals surface area (Å²) in [6, 6.07) is 5.33. The van der Waals surface area contributed by atoms with Crippen molar-refractivity contribution >= 4 is 33.3 Å². The lowest BCUT2D eigenvalue weighted by atomic mass is 10.0. The third kappa shape index (κ3) is 4.08. The number of carbonyl (C=O) groups is 1. The Kier molecular flexibility index (Phi) is 5.22. The summed E-state index contributed by atoms with van der Waals surface area (Å²) in [4.78, 5) is 12.0. The van der Waals surface area contributed by atoms with Gasteiger partial charge in [-0.2, -0.15) is 0 Å². The van der Waals surface area contributed by atoms with Gasteiger partial charge in [0.1, 0.15) is 0 Å². The van der Waals surface area contributed by atoms with Crippen LogP contribution in [0, 0.1) is 0 Å². The molecule has 0 saturated carbocycles. The van der Waals surface area contributed by atoms with Gasteiger partial charge < -0.3 is 4.74 Å². The summed E-state index contributed by atoms with van der Waals surface area (Å²) in [6.45, 7) is 0.875. The van der Waals surface area contributed by atoms with Crippen LogP contribution in [0.5, 0.6) is 0 Å². The summed E-state index contributed by atoms with van der Waals surface area (Å²) in [5.41, 5.74) is 0.682. The normalized spacial score (nSPS) is 19.1. The third-order valence-electron chi connectivity index (χ3n) is 3.14. The maximum Gasteiger partial charge on any atom is 0.162 e. The predicted molar refractivity (Wildman–Crippen MR) is 76.3 cm³/mol. The second-order valence-corrected chi connectivity index (χ2v) is 5.96. The smallest absolute Gasteiger partial charge is 0.162 e. The number of hydrogen-bond acceptors (Lipinski definition) is 2. The first-order chi connectivity index (χ1) is 8.65. The Balaban J connectivity index is 1.83. The van der Waals surface area contributed by atoms with Gasteiger partial charge in [0.05, 0.1) is 6.10 Å². The van der Waals surface area contributed by atoms with E-state index in [4.69, 9.17) is 16.3 Å². The molecule has 1 heterocycles. The molecule has 0 aromatic heterocycles. The quantitative estimate of drug-likeness (QED) is 0.735. The maximum absolute atomic E-state index is 12.0. The van der Waals surface area contributed by atoms with Crippen LogP contribution >= 0.6 is 27.5 Å². The molecule has 0 aliphatic carbocycles. The van der Waals surface area contributed by atoms with E-state index in [1.54, 1.807) is 12.1 Å². The lowest BCUT2D eigenvalue weighted by Gasteiger charge is -2.08. The summed E-state index contributed by atoms with van der Waals surface area (Å²) in [6.07, 6.45) is 5.08. The van der Waals surface area contributed by atoms with E-state index in [2.05, 4.69) is 15.9 Å². The molecule has 0 spiro atoms. The van der Waals surface area contributed by atoms with Crippen molar-refractivity contribution in [3.8, 4) is 0 Å². The molecule has 1 unspecified atom stereocenters. The summed E-state index contributed by atoms with van der Waals surface area (Å²) >= 11 is 9.28. The van der Waals surface area contributed by atoms with Crippen LogP contribution in [0.15, 0.2) is 22.7 Å². The van der Waals surface area contributed by atoms with Crippen molar-refractivity contribution in [3.05, 3.63) is 33.3 Å². The van der Waals surface area contributed by atoms with Gasteiger partial charge in [0.2, 0.25) is 0 Å². The van der Waals surface area contributed by atoms with Crippen molar-refractivity contribution in [2.45, 2.75) is 38.2 Å². The summed E-state index contributed by atoms with van der Waals surface area (Å²) < 4.78 is 6.38. The number of benzene rings is 1. The fourth-order valence-electron chi connectivity index (χ4n) is 2.22. The molecule has 18 heavy (non-hydrogen) atoms. The van der Waals surface area contributed by atoms with Gasteiger partial charge in [-0.15, -0.1) is 0 Å². The topological polar surface area (TPSA) is 26.3 Å². The van der Waals surface area contributed by atoms with E-state index in [1.807, 2.05) is 6.07 Å². The van der Waals surface area contributed by atoms with E-state index in [1.165, 1.54) is 0 Å². The zero-order valence-corrected chi connectivity index (χ0v) is 12.5. The average molecular weight is 332 g/mol. The molecule has 1 aromatic rings. The number of ether oxygens (including phenoxy) is 1. The Labute approximate surface area is 121 Å². The number of ketones is 1. The standard InChI is InChI=1S/C14H16BrClO2/c15-11-7-10(8-12(16)9-11)14(17)5-1-3-13-4-2-6-18-13/h7-9,13H,1-6H2. The molecule has 0 bridgehead atoms. The van der Waals surface area contributed by atoms with Gasteiger partial charge in [0.25, 0.3) is 0 Å². The van der Waals surface area contributed by atoms with Crippen LogP contribution < -0.4 is 0 Å². The summed E-state index contributed by atoms with van der Waals surface area (Å²) in [5, 5.41) is 0.590. The SMILES string of the molecule is O=C(CCCC1CCCO1)c1cc(Cl)cc(Br)c1. The number of rotatable bonds is 5. The molecule has 1 aromatic carbocycles. The molecule has 1 saturated heterocycles. The number of hydrogen-bond donors (Lipinski definition) is 0. The van der Waals surface area contributed by atoms with E-state index in [9.17, 15) is 4.79 Å². The van der Waals surface area contributed by atoms with Gasteiger partial charge in [0, 0.05) is 28.1 Å². The average Bonchev–Trinajstić information content (AvgIpc) is 2.80. The minimum Gasteiger partial charge on any atom is -0.378 e. The molecule has 1 aliphatic rings. The molecule has 0 radical (unpaired) electrons. The van der Waals surface area contributed by atoms with Crippen LogP contribution in [0.1, 0.15) is 42.5 Å². The second kappa shape index (κ2) is 6.69. The third-order valence-corrected chi connectivity index (χ3v) is 3.81. The highest BCUT2D eigenvalue weighted by molar-refractivity contribution is 9.10. The van der Waals surface area contributed by atoms with E-state index >= 15 is 0 Å². The summed E-state index contributed by atoms with van der Waals surface area (Å²) in [7, 11) is 0. The van der Waals surface area contributed by atoms with Crippen LogP contribution in [-0.4, -0.2) is 18.5 Å². The Morgan fingerprint density at radius 3 is 2.94 bits per heavy atom. The van der Waals surface area contributed by atoms with Crippen molar-refractivity contribution in [2.75, 3.05) is 6.61 Å². The maximum atomic E-state index is 12.0. The molecule has 2 rings (SSSR count). The first-order valence-corrected chi connectivity index (χ1v) is 7.43. The zero-order chi connectivity index (χ0) is 13.0. The predicted octanol–water partition coefficient (Wildman–Crippen LogP) is 4.63. The molecular formula is C14H16BrClO2. The van der Waals surface area contributed by atoms with Crippen LogP contribution in [0.3, 0.4) is 0 Å². The monoisotopic (exact) mass is 330 g/mol. The van der Waals surface area contributed by atoms with Crippen LogP contribution in [0.25, 0.3) is 0 Å². The molecule has 1 atom stereocenters. The first kappa shape index (κ1) is 14.0. The molecule has 0 amide bonds. The molecule has 1 aliphatic heterocycles. The molecule has 4 heteroatoms. The molecule has 1 fully saturated rings. The van der Waals surface area contributed by atoms with Gasteiger partial charge in [-0.05, 0) is 43.9 Å². The zero-order valence-electron chi connectivity index (χ0n) is 10.1. The lowest BCUT2D eigenvalue weighted by molar-refractivity contribution is 0.0922. The van der Waals surface area contributed by atoms with Gasteiger partial charge in [-0.1, -0.05) is 27.5 Å². The van der Waals surface area contributed by atoms with E-state index < -0.39 is 0 Å². The molecule has 98 valence electrons. The van der Waals surface area contributed by atoms with Crippen molar-refractivity contribution in [2.24, 2.45) is 0 Å². The van der Waals surface area contributed by atoms with Gasteiger partial charge in [0.15, 0.2) is 5.78 Å². The highest BCUT2D eigenvalue weighted by atomic mass is 79.9. The Morgan fingerprint density at radius 1 is 1.44 bits per heavy atom. The molecular weight excluding hydrogens is 316 g/mol. The van der Waals surface area contributed by atoms with Crippen LogP contribution in [-0.2, 0) is 4.74 Å². The molecule has 0 N–H and O–H groups in total. The Morgan fingerprint density at radius 2 is 2.28 bits per heavy atom. The first-order valence-electron chi connectivity index (χ1n) is 6.26. The minimum atomic E-state index is 0.149.